The predicted octanol–water partition coefficient (Wildman–Crippen LogP) is 3.74. The summed E-state index contributed by atoms with van der Waals surface area (Å²) in [6, 6.07) is 9.29. The van der Waals surface area contributed by atoms with Gasteiger partial charge in [0.05, 0.1) is 18.8 Å². The molecule has 0 spiro atoms. The van der Waals surface area contributed by atoms with Gasteiger partial charge in [-0.25, -0.2) is 4.98 Å². The van der Waals surface area contributed by atoms with Crippen molar-refractivity contribution in [3.05, 3.63) is 53.3 Å². The Morgan fingerprint density at radius 3 is 2.58 bits per heavy atom. The molecule has 2 atom stereocenters. The van der Waals surface area contributed by atoms with Gasteiger partial charge in [0.15, 0.2) is 11.5 Å². The average Bonchev–Trinajstić information content (AvgIpc) is 3.73. The monoisotopic (exact) mass is 600 g/mol. The van der Waals surface area contributed by atoms with Crippen LogP contribution in [0.5, 0.6) is 11.5 Å². The Morgan fingerprint density at radius 1 is 1.12 bits per heavy atom. The molecular formula is C31H38F2N4O6. The number of halogens is 2. The van der Waals surface area contributed by atoms with Gasteiger partial charge in [0, 0.05) is 45.7 Å². The molecule has 1 N–H and O–H groups in total. The Bertz CT molecular complexity index is 1320. The molecule has 12 heteroatoms. The summed E-state index contributed by atoms with van der Waals surface area (Å²) in [5.74, 6) is -0.365. The molecule has 232 valence electrons. The first kappa shape index (κ1) is 30.7. The molecule has 2 saturated heterocycles. The minimum absolute atomic E-state index is 0.0396. The molecule has 3 heterocycles. The number of carbonyl (C=O) groups excluding carboxylic acids is 3. The molecule has 43 heavy (non-hydrogen) atoms. The summed E-state index contributed by atoms with van der Waals surface area (Å²) in [5, 5.41) is 2.87. The zero-order valence-electron chi connectivity index (χ0n) is 24.5. The summed E-state index contributed by atoms with van der Waals surface area (Å²) in [6.07, 6.45) is 3.98. The van der Waals surface area contributed by atoms with Gasteiger partial charge in [-0.3, -0.25) is 14.4 Å². The van der Waals surface area contributed by atoms with Crippen LogP contribution in [0, 0.1) is 5.92 Å². The molecule has 0 radical (unpaired) electrons. The summed E-state index contributed by atoms with van der Waals surface area (Å²) in [4.78, 5) is 46.6. The lowest BCUT2D eigenvalue weighted by atomic mass is 9.95. The van der Waals surface area contributed by atoms with Crippen molar-refractivity contribution < 1.29 is 37.4 Å². The fraction of sp³-hybridized carbons (Fsp3) is 0.548. The van der Waals surface area contributed by atoms with E-state index in [0.717, 1.165) is 31.2 Å². The zero-order valence-corrected chi connectivity index (χ0v) is 24.5. The topological polar surface area (TPSA) is 110 Å². The largest absolute Gasteiger partial charge is 0.489 e. The highest BCUT2D eigenvalue weighted by Gasteiger charge is 2.39. The van der Waals surface area contributed by atoms with E-state index in [1.54, 1.807) is 42.3 Å². The van der Waals surface area contributed by atoms with E-state index in [1.165, 1.54) is 17.9 Å². The van der Waals surface area contributed by atoms with Crippen molar-refractivity contribution in [2.45, 2.75) is 70.2 Å². The van der Waals surface area contributed by atoms with Crippen LogP contribution in [0.3, 0.4) is 0 Å². The fourth-order valence-corrected chi connectivity index (χ4v) is 5.66. The van der Waals surface area contributed by atoms with Gasteiger partial charge in [-0.1, -0.05) is 12.1 Å². The second kappa shape index (κ2) is 13.7. The van der Waals surface area contributed by atoms with Crippen LogP contribution < -0.4 is 14.8 Å². The number of alkyl halides is 2. The number of aromatic nitrogens is 1. The highest BCUT2D eigenvalue weighted by Crippen LogP contribution is 2.39. The molecular weight excluding hydrogens is 562 g/mol. The normalized spacial score (nSPS) is 20.6. The van der Waals surface area contributed by atoms with Crippen molar-refractivity contribution >= 4 is 17.7 Å². The third-order valence-electron chi connectivity index (χ3n) is 8.36. The summed E-state index contributed by atoms with van der Waals surface area (Å²) in [5.41, 5.74) is 1.59. The van der Waals surface area contributed by atoms with Crippen molar-refractivity contribution in [1.82, 2.24) is 20.1 Å². The van der Waals surface area contributed by atoms with Crippen LogP contribution in [-0.4, -0.2) is 84.6 Å². The first-order valence-electron chi connectivity index (χ1n) is 14.8. The van der Waals surface area contributed by atoms with E-state index < -0.39 is 12.7 Å². The number of pyridine rings is 1. The number of benzene rings is 1. The van der Waals surface area contributed by atoms with Crippen LogP contribution >= 0.6 is 0 Å². The third-order valence-corrected chi connectivity index (χ3v) is 8.36. The van der Waals surface area contributed by atoms with Crippen molar-refractivity contribution in [1.29, 1.82) is 0 Å². The lowest BCUT2D eigenvalue weighted by Crippen LogP contribution is -2.45. The number of nitrogens with one attached hydrogen (secondary N) is 1. The summed E-state index contributed by atoms with van der Waals surface area (Å²) < 4.78 is 41.8. The SMILES string of the molecule is CC(=O)N1CC(c2ccc(OC(F)F)c(OCC3CC3)c2)C[C@@H]1C(=O)NCc1cccc(C(=O)N(C)C2CCOCC2)n1. The number of ether oxygens (including phenoxy) is 3. The molecule has 1 saturated carbocycles. The summed E-state index contributed by atoms with van der Waals surface area (Å²) in [7, 11) is 1.77. The smallest absolute Gasteiger partial charge is 0.387 e. The fourth-order valence-electron chi connectivity index (χ4n) is 5.66. The van der Waals surface area contributed by atoms with Crippen LogP contribution in [-0.2, 0) is 20.9 Å². The van der Waals surface area contributed by atoms with E-state index in [0.29, 0.717) is 50.1 Å². The molecule has 2 aromatic rings. The van der Waals surface area contributed by atoms with Gasteiger partial charge in [0.1, 0.15) is 11.7 Å². The first-order valence-corrected chi connectivity index (χ1v) is 14.8. The van der Waals surface area contributed by atoms with Crippen molar-refractivity contribution in [2.24, 2.45) is 5.92 Å². The molecule has 2 aliphatic heterocycles. The Morgan fingerprint density at radius 2 is 1.88 bits per heavy atom. The Kier molecular flexibility index (Phi) is 9.74. The zero-order chi connectivity index (χ0) is 30.5. The van der Waals surface area contributed by atoms with Gasteiger partial charge in [0.2, 0.25) is 11.8 Å². The van der Waals surface area contributed by atoms with Crippen LogP contribution in [0.4, 0.5) is 8.78 Å². The van der Waals surface area contributed by atoms with Crippen LogP contribution in [0.2, 0.25) is 0 Å². The maximum atomic E-state index is 13.3. The summed E-state index contributed by atoms with van der Waals surface area (Å²) in [6.45, 7) is 0.480. The van der Waals surface area contributed by atoms with E-state index in [9.17, 15) is 23.2 Å². The second-order valence-corrected chi connectivity index (χ2v) is 11.5. The maximum Gasteiger partial charge on any atom is 0.387 e. The van der Waals surface area contributed by atoms with E-state index in [2.05, 4.69) is 15.0 Å². The lowest BCUT2D eigenvalue weighted by Gasteiger charge is -2.31. The molecule has 3 amide bonds. The average molecular weight is 601 g/mol. The van der Waals surface area contributed by atoms with Crippen molar-refractivity contribution in [3.8, 4) is 11.5 Å². The number of hydrogen-bond acceptors (Lipinski definition) is 7. The molecule has 3 fully saturated rings. The third kappa shape index (κ3) is 7.78. The quantitative estimate of drug-likeness (QED) is 0.419. The van der Waals surface area contributed by atoms with Gasteiger partial charge < -0.3 is 29.3 Å². The Hall–Kier alpha value is -3.80. The minimum atomic E-state index is -2.98. The molecule has 3 aliphatic rings. The highest BCUT2D eigenvalue weighted by molar-refractivity contribution is 5.92. The molecule has 1 aromatic heterocycles. The number of hydrogen-bond donors (Lipinski definition) is 1. The van der Waals surface area contributed by atoms with Gasteiger partial charge in [-0.15, -0.1) is 0 Å². The molecule has 1 aliphatic carbocycles. The van der Waals surface area contributed by atoms with E-state index in [1.807, 2.05) is 0 Å². The van der Waals surface area contributed by atoms with Gasteiger partial charge in [-0.05, 0) is 67.9 Å². The van der Waals surface area contributed by atoms with E-state index >= 15 is 0 Å². The number of rotatable bonds is 11. The molecule has 10 nitrogen and oxygen atoms in total. The number of nitrogens with zero attached hydrogens (tertiary/aromatic N) is 3. The van der Waals surface area contributed by atoms with Crippen LogP contribution in [0.1, 0.15) is 66.7 Å². The van der Waals surface area contributed by atoms with E-state index in [4.69, 9.17) is 9.47 Å². The highest BCUT2D eigenvalue weighted by atomic mass is 19.3. The molecule has 5 rings (SSSR count). The van der Waals surface area contributed by atoms with Gasteiger partial charge in [0.25, 0.3) is 5.91 Å². The molecule has 0 bridgehead atoms. The van der Waals surface area contributed by atoms with Gasteiger partial charge in [-0.2, -0.15) is 8.78 Å². The second-order valence-electron chi connectivity index (χ2n) is 11.5. The predicted molar refractivity (Wildman–Crippen MR) is 152 cm³/mol. The number of likely N-dealkylation sites (tertiary alicyclic amines) is 1. The first-order chi connectivity index (χ1) is 20.7. The number of amides is 3. The lowest BCUT2D eigenvalue weighted by molar-refractivity contribution is -0.136. The maximum absolute atomic E-state index is 13.3. The number of carbonyl (C=O) groups is 3. The van der Waals surface area contributed by atoms with Crippen LogP contribution in [0.15, 0.2) is 36.4 Å². The minimum Gasteiger partial charge on any atom is -0.489 e. The molecule has 1 aromatic carbocycles. The summed E-state index contributed by atoms with van der Waals surface area (Å²) >= 11 is 0. The standard InChI is InChI=1S/C31H38F2N4O6/c1-19(38)37-17-22(21-8-9-27(43-31(32)33)28(15-21)42-18-20-6-7-20)14-26(37)29(39)34-16-23-4-3-5-25(35-23)30(40)36(2)24-10-12-41-13-11-24/h3-5,8-9,15,20,22,24,26,31H,6-7,10-14,16-18H2,1-2H3,(H,34,39)/t22?,26-/m1/s1. The Labute approximate surface area is 249 Å². The van der Waals surface area contributed by atoms with Crippen LogP contribution in [0.25, 0.3) is 0 Å². The van der Waals surface area contributed by atoms with Crippen molar-refractivity contribution in [3.63, 3.8) is 0 Å². The van der Waals surface area contributed by atoms with Crippen molar-refractivity contribution in [2.75, 3.05) is 33.4 Å². The van der Waals surface area contributed by atoms with E-state index in [-0.39, 0.29) is 47.7 Å². The Balaban J connectivity index is 1.23. The molecule has 1 unspecified atom stereocenters. The van der Waals surface area contributed by atoms with Gasteiger partial charge >= 0.3 is 6.61 Å².